The van der Waals surface area contributed by atoms with Gasteiger partial charge in [0.05, 0.1) is 4.90 Å². The molecule has 0 spiro atoms. The first-order valence-corrected chi connectivity index (χ1v) is 10.2. The van der Waals surface area contributed by atoms with E-state index in [1.807, 2.05) is 13.8 Å². The molecule has 28 heavy (non-hydrogen) atoms. The summed E-state index contributed by atoms with van der Waals surface area (Å²) in [5.74, 6) is -0.306. The summed E-state index contributed by atoms with van der Waals surface area (Å²) in [6.07, 6.45) is 0. The Morgan fingerprint density at radius 2 is 1.71 bits per heavy atom. The molecular formula is C19H24N4O4S. The van der Waals surface area contributed by atoms with Crippen molar-refractivity contribution in [2.24, 2.45) is 0 Å². The van der Waals surface area contributed by atoms with Gasteiger partial charge in [0.2, 0.25) is 10.0 Å². The van der Waals surface area contributed by atoms with Crippen LogP contribution in [0.25, 0.3) is 0 Å². The topological polar surface area (TPSA) is 116 Å². The first-order valence-electron chi connectivity index (χ1n) is 8.69. The van der Waals surface area contributed by atoms with E-state index in [9.17, 15) is 18.0 Å². The van der Waals surface area contributed by atoms with E-state index in [-0.39, 0.29) is 29.4 Å². The van der Waals surface area contributed by atoms with Crippen LogP contribution in [0, 0.1) is 0 Å². The standard InChI is InChI=1S/C19H24N4O4S/c1-13(2)22-19(25)23-16-9-7-15(8-10-16)18(24)21-12-14-5-4-6-17(11-14)28(26,27)20-3/h4-11,13,20H,12H2,1-3H3,(H,21,24)(H2,22,23,25). The lowest BCUT2D eigenvalue weighted by Gasteiger charge is -2.11. The number of urea groups is 1. The maximum Gasteiger partial charge on any atom is 0.319 e. The summed E-state index contributed by atoms with van der Waals surface area (Å²) in [6, 6.07) is 12.5. The fraction of sp³-hybridized carbons (Fsp3) is 0.263. The van der Waals surface area contributed by atoms with Crippen LogP contribution in [0.1, 0.15) is 29.8 Å². The normalized spacial score (nSPS) is 11.1. The van der Waals surface area contributed by atoms with Crippen molar-refractivity contribution in [2.75, 3.05) is 12.4 Å². The van der Waals surface area contributed by atoms with Gasteiger partial charge in [-0.2, -0.15) is 0 Å². The third-order valence-corrected chi connectivity index (χ3v) is 5.17. The lowest BCUT2D eigenvalue weighted by atomic mass is 10.1. The van der Waals surface area contributed by atoms with Gasteiger partial charge in [0, 0.05) is 23.8 Å². The molecule has 0 aliphatic heterocycles. The molecule has 0 fully saturated rings. The first-order chi connectivity index (χ1) is 13.2. The summed E-state index contributed by atoms with van der Waals surface area (Å²) >= 11 is 0. The Hall–Kier alpha value is -2.91. The van der Waals surface area contributed by atoms with Crippen molar-refractivity contribution in [1.29, 1.82) is 0 Å². The number of sulfonamides is 1. The zero-order valence-corrected chi connectivity index (χ0v) is 16.8. The van der Waals surface area contributed by atoms with Crippen LogP contribution in [0.5, 0.6) is 0 Å². The van der Waals surface area contributed by atoms with Gasteiger partial charge in [0.15, 0.2) is 0 Å². The van der Waals surface area contributed by atoms with E-state index in [4.69, 9.17) is 0 Å². The van der Waals surface area contributed by atoms with Crippen LogP contribution in [0.4, 0.5) is 10.5 Å². The molecule has 3 amide bonds. The summed E-state index contributed by atoms with van der Waals surface area (Å²) in [5.41, 5.74) is 1.65. The Balaban J connectivity index is 1.97. The number of rotatable bonds is 7. The van der Waals surface area contributed by atoms with E-state index in [0.717, 1.165) is 0 Å². The van der Waals surface area contributed by atoms with Crippen LogP contribution in [0.2, 0.25) is 0 Å². The van der Waals surface area contributed by atoms with Crippen LogP contribution in [0.3, 0.4) is 0 Å². The van der Waals surface area contributed by atoms with E-state index in [1.165, 1.54) is 19.2 Å². The highest BCUT2D eigenvalue weighted by atomic mass is 32.2. The number of benzene rings is 2. The van der Waals surface area contributed by atoms with Crippen LogP contribution in [0.15, 0.2) is 53.4 Å². The number of nitrogens with one attached hydrogen (secondary N) is 4. The van der Waals surface area contributed by atoms with Gasteiger partial charge in [0.1, 0.15) is 0 Å². The minimum Gasteiger partial charge on any atom is -0.348 e. The minimum atomic E-state index is -3.54. The molecule has 0 unspecified atom stereocenters. The first kappa shape index (κ1) is 21.4. The van der Waals surface area contributed by atoms with Gasteiger partial charge in [0.25, 0.3) is 5.91 Å². The van der Waals surface area contributed by atoms with E-state index in [0.29, 0.717) is 16.8 Å². The maximum atomic E-state index is 12.3. The highest BCUT2D eigenvalue weighted by molar-refractivity contribution is 7.89. The highest BCUT2D eigenvalue weighted by Crippen LogP contribution is 2.12. The van der Waals surface area contributed by atoms with E-state index in [2.05, 4.69) is 20.7 Å². The second-order valence-electron chi connectivity index (χ2n) is 6.37. The SMILES string of the molecule is CNS(=O)(=O)c1cccc(CNC(=O)c2ccc(NC(=O)NC(C)C)cc2)c1. The number of amides is 3. The number of carbonyl (C=O) groups excluding carboxylic acids is 2. The smallest absolute Gasteiger partial charge is 0.319 e. The van der Waals surface area contributed by atoms with Gasteiger partial charge in [-0.3, -0.25) is 4.79 Å². The third-order valence-electron chi connectivity index (χ3n) is 3.76. The zero-order chi connectivity index (χ0) is 20.7. The Morgan fingerprint density at radius 1 is 1.04 bits per heavy atom. The molecule has 0 aromatic heterocycles. The van der Waals surface area contributed by atoms with Crippen molar-refractivity contribution in [1.82, 2.24) is 15.4 Å². The molecule has 0 aliphatic carbocycles. The molecule has 9 heteroatoms. The summed E-state index contributed by atoms with van der Waals surface area (Å²) in [4.78, 5) is 24.1. The Labute approximate surface area is 164 Å². The number of hydrogen-bond acceptors (Lipinski definition) is 4. The van der Waals surface area contributed by atoms with E-state index < -0.39 is 10.0 Å². The van der Waals surface area contributed by atoms with Crippen molar-refractivity contribution in [3.05, 3.63) is 59.7 Å². The minimum absolute atomic E-state index is 0.0200. The Kier molecular flexibility index (Phi) is 7.13. The molecule has 0 bridgehead atoms. The van der Waals surface area contributed by atoms with Gasteiger partial charge in [-0.25, -0.2) is 17.9 Å². The van der Waals surface area contributed by atoms with Crippen LogP contribution < -0.4 is 20.7 Å². The van der Waals surface area contributed by atoms with Crippen LogP contribution in [-0.2, 0) is 16.6 Å². The molecule has 150 valence electrons. The lowest BCUT2D eigenvalue weighted by molar-refractivity contribution is 0.0951. The number of hydrogen-bond donors (Lipinski definition) is 4. The Bertz CT molecular complexity index is 941. The van der Waals surface area contributed by atoms with Crippen molar-refractivity contribution in [3.63, 3.8) is 0 Å². The van der Waals surface area contributed by atoms with Crippen molar-refractivity contribution in [3.8, 4) is 0 Å². The third kappa shape index (κ3) is 6.07. The fourth-order valence-corrected chi connectivity index (χ4v) is 3.16. The molecule has 8 nitrogen and oxygen atoms in total. The van der Waals surface area contributed by atoms with E-state index >= 15 is 0 Å². The molecule has 0 saturated carbocycles. The van der Waals surface area contributed by atoms with Crippen molar-refractivity contribution < 1.29 is 18.0 Å². The molecule has 0 radical (unpaired) electrons. The summed E-state index contributed by atoms with van der Waals surface area (Å²) in [7, 11) is -2.19. The quantitative estimate of drug-likeness (QED) is 0.565. The fourth-order valence-electron chi connectivity index (χ4n) is 2.36. The summed E-state index contributed by atoms with van der Waals surface area (Å²) in [5, 5.41) is 8.13. The van der Waals surface area contributed by atoms with Crippen LogP contribution in [-0.4, -0.2) is 33.4 Å². The summed E-state index contributed by atoms with van der Waals surface area (Å²) < 4.78 is 25.9. The second-order valence-corrected chi connectivity index (χ2v) is 8.25. The molecule has 0 aliphatic rings. The molecule has 0 heterocycles. The summed E-state index contributed by atoms with van der Waals surface area (Å²) in [6.45, 7) is 3.90. The average molecular weight is 404 g/mol. The molecule has 2 aromatic rings. The molecule has 4 N–H and O–H groups in total. The van der Waals surface area contributed by atoms with Crippen molar-refractivity contribution in [2.45, 2.75) is 31.3 Å². The average Bonchev–Trinajstić information content (AvgIpc) is 2.66. The van der Waals surface area contributed by atoms with Gasteiger partial charge >= 0.3 is 6.03 Å². The monoisotopic (exact) mass is 404 g/mol. The highest BCUT2D eigenvalue weighted by Gasteiger charge is 2.12. The van der Waals surface area contributed by atoms with Crippen LogP contribution >= 0.6 is 0 Å². The molecule has 2 aromatic carbocycles. The predicted octanol–water partition coefficient (Wildman–Crippen LogP) is 2.05. The lowest BCUT2D eigenvalue weighted by Crippen LogP contribution is -2.34. The van der Waals surface area contributed by atoms with Gasteiger partial charge in [-0.15, -0.1) is 0 Å². The molecule has 0 saturated heterocycles. The molecule has 2 rings (SSSR count). The van der Waals surface area contributed by atoms with Gasteiger partial charge in [-0.1, -0.05) is 12.1 Å². The molecular weight excluding hydrogens is 380 g/mol. The van der Waals surface area contributed by atoms with Gasteiger partial charge in [-0.05, 0) is 62.9 Å². The van der Waals surface area contributed by atoms with Crippen molar-refractivity contribution >= 4 is 27.6 Å². The largest absolute Gasteiger partial charge is 0.348 e. The number of anilines is 1. The Morgan fingerprint density at radius 3 is 2.32 bits per heavy atom. The van der Waals surface area contributed by atoms with E-state index in [1.54, 1.807) is 36.4 Å². The molecule has 0 atom stereocenters. The predicted molar refractivity (Wildman–Crippen MR) is 108 cm³/mol. The zero-order valence-electron chi connectivity index (χ0n) is 15.9. The number of carbonyl (C=O) groups is 2. The second kappa shape index (κ2) is 9.34. The van der Waals surface area contributed by atoms with Gasteiger partial charge < -0.3 is 16.0 Å². The maximum absolute atomic E-state index is 12.3.